The van der Waals surface area contributed by atoms with Gasteiger partial charge in [-0.3, -0.25) is 4.79 Å². The molecule has 1 aromatic carbocycles. The molecule has 1 amide bonds. The molecule has 1 aliphatic heterocycles. The van der Waals surface area contributed by atoms with Gasteiger partial charge in [0.25, 0.3) is 0 Å². The van der Waals surface area contributed by atoms with E-state index in [4.69, 9.17) is 0 Å². The number of nitrogens with one attached hydrogen (secondary N) is 1. The maximum atomic E-state index is 12.2. The normalized spacial score (nSPS) is 15.1. The number of imidazole rings is 1. The van der Waals surface area contributed by atoms with Gasteiger partial charge in [-0.05, 0) is 22.6 Å². The van der Waals surface area contributed by atoms with Crippen molar-refractivity contribution in [2.75, 3.05) is 18.8 Å². The Morgan fingerprint density at radius 3 is 2.96 bits per heavy atom. The zero-order valence-electron chi connectivity index (χ0n) is 12.5. The van der Waals surface area contributed by atoms with Crippen LogP contribution in [-0.2, 0) is 11.8 Å². The molecule has 2 aromatic heterocycles. The topological polar surface area (TPSA) is 92.6 Å². The maximum absolute atomic E-state index is 12.2. The number of hydrogen-bond acceptors (Lipinski definition) is 6. The summed E-state index contributed by atoms with van der Waals surface area (Å²) in [5.74, 6) is 1.69. The molecule has 118 valence electrons. The average Bonchev–Trinajstić information content (AvgIpc) is 3.09. The lowest BCUT2D eigenvalue weighted by Crippen LogP contribution is -2.49. The molecule has 1 saturated heterocycles. The monoisotopic (exact) mass is 329 g/mol. The fraction of sp³-hybridized carbons (Fsp3) is 0.357. The van der Waals surface area contributed by atoms with Gasteiger partial charge >= 0.3 is 0 Å². The Hall–Kier alpha value is -2.42. The molecule has 0 unspecified atom stereocenters. The van der Waals surface area contributed by atoms with Crippen molar-refractivity contribution in [1.29, 1.82) is 0 Å². The second kappa shape index (κ2) is 5.65. The fourth-order valence-corrected chi connectivity index (χ4v) is 3.33. The number of fused-ring (bicyclic) bond motifs is 1. The number of H-pyrrole nitrogens is 1. The predicted molar refractivity (Wildman–Crippen MR) is 84.9 cm³/mol. The van der Waals surface area contributed by atoms with Crippen LogP contribution in [0.5, 0.6) is 0 Å². The predicted octanol–water partition coefficient (Wildman–Crippen LogP) is 0.804. The highest BCUT2D eigenvalue weighted by atomic mass is 32.2. The highest BCUT2D eigenvalue weighted by molar-refractivity contribution is 7.99. The Kier molecular flexibility index (Phi) is 3.49. The number of hydrogen-bond donors (Lipinski definition) is 1. The van der Waals surface area contributed by atoms with E-state index in [9.17, 15) is 4.79 Å². The minimum Gasteiger partial charge on any atom is -0.342 e. The van der Waals surface area contributed by atoms with Crippen molar-refractivity contribution in [3.8, 4) is 0 Å². The maximum Gasteiger partial charge on any atom is 0.233 e. The molecule has 9 heteroatoms. The smallest absolute Gasteiger partial charge is 0.233 e. The lowest BCUT2D eigenvalue weighted by atomic mass is 10.00. The number of benzene rings is 1. The molecule has 0 aliphatic carbocycles. The minimum absolute atomic E-state index is 0.102. The zero-order valence-corrected chi connectivity index (χ0v) is 13.3. The summed E-state index contributed by atoms with van der Waals surface area (Å²) in [6.07, 6.45) is 0. The molecule has 3 heterocycles. The summed E-state index contributed by atoms with van der Waals surface area (Å²) in [6.45, 7) is 1.41. The quantitative estimate of drug-likeness (QED) is 0.712. The van der Waals surface area contributed by atoms with E-state index in [0.29, 0.717) is 24.0 Å². The molecule has 8 nitrogen and oxygen atoms in total. The van der Waals surface area contributed by atoms with Gasteiger partial charge in [-0.1, -0.05) is 23.9 Å². The first-order chi connectivity index (χ1) is 11.2. The summed E-state index contributed by atoms with van der Waals surface area (Å²) >= 11 is 1.35. The highest BCUT2D eigenvalue weighted by Crippen LogP contribution is 2.27. The minimum atomic E-state index is 0.102. The van der Waals surface area contributed by atoms with Crippen LogP contribution < -0.4 is 0 Å². The molecule has 0 spiro atoms. The number of aromatic amines is 1. The van der Waals surface area contributed by atoms with Crippen LogP contribution in [0.15, 0.2) is 29.4 Å². The number of thioether (sulfide) groups is 1. The average molecular weight is 329 g/mol. The first kappa shape index (κ1) is 14.2. The van der Waals surface area contributed by atoms with Gasteiger partial charge < -0.3 is 9.88 Å². The van der Waals surface area contributed by atoms with Gasteiger partial charge in [0.1, 0.15) is 5.82 Å². The highest BCUT2D eigenvalue weighted by Gasteiger charge is 2.33. The van der Waals surface area contributed by atoms with Crippen molar-refractivity contribution in [3.05, 3.63) is 30.1 Å². The molecule has 1 N–H and O–H groups in total. The Labute approximate surface area is 136 Å². The van der Waals surface area contributed by atoms with E-state index >= 15 is 0 Å². The summed E-state index contributed by atoms with van der Waals surface area (Å²) in [5.41, 5.74) is 2.01. The second-order valence-electron chi connectivity index (χ2n) is 5.51. The van der Waals surface area contributed by atoms with Gasteiger partial charge in [-0.2, -0.15) is 0 Å². The Bertz CT molecular complexity index is 819. The number of carbonyl (C=O) groups excluding carboxylic acids is 1. The van der Waals surface area contributed by atoms with Crippen LogP contribution in [0.4, 0.5) is 0 Å². The van der Waals surface area contributed by atoms with Gasteiger partial charge in [-0.25, -0.2) is 9.67 Å². The summed E-state index contributed by atoms with van der Waals surface area (Å²) in [5, 5.41) is 11.8. The Balaban J connectivity index is 1.33. The Morgan fingerprint density at radius 2 is 2.22 bits per heavy atom. The van der Waals surface area contributed by atoms with Crippen LogP contribution in [0.2, 0.25) is 0 Å². The summed E-state index contributed by atoms with van der Waals surface area (Å²) in [4.78, 5) is 22.0. The van der Waals surface area contributed by atoms with E-state index in [-0.39, 0.29) is 11.8 Å². The lowest BCUT2D eigenvalue weighted by molar-refractivity contribution is -0.132. The lowest BCUT2D eigenvalue weighted by Gasteiger charge is -2.38. The molecular formula is C14H15N7OS. The molecule has 4 rings (SSSR count). The van der Waals surface area contributed by atoms with Crippen molar-refractivity contribution in [2.45, 2.75) is 11.1 Å². The van der Waals surface area contributed by atoms with E-state index in [1.54, 1.807) is 11.7 Å². The third-order valence-electron chi connectivity index (χ3n) is 3.93. The van der Waals surface area contributed by atoms with E-state index in [1.807, 2.05) is 29.2 Å². The number of rotatable bonds is 4. The van der Waals surface area contributed by atoms with Crippen molar-refractivity contribution in [3.63, 3.8) is 0 Å². The number of amides is 1. The third kappa shape index (κ3) is 2.67. The number of carbonyl (C=O) groups is 1. The van der Waals surface area contributed by atoms with Crippen LogP contribution in [0.25, 0.3) is 11.0 Å². The molecule has 23 heavy (non-hydrogen) atoms. The molecule has 0 saturated carbocycles. The van der Waals surface area contributed by atoms with Gasteiger partial charge in [0.2, 0.25) is 11.1 Å². The van der Waals surface area contributed by atoms with Crippen LogP contribution >= 0.6 is 11.8 Å². The first-order valence-corrected chi connectivity index (χ1v) is 8.27. The zero-order chi connectivity index (χ0) is 15.8. The summed E-state index contributed by atoms with van der Waals surface area (Å²) in [7, 11) is 1.76. The number of likely N-dealkylation sites (tertiary alicyclic amines) is 1. The number of aromatic nitrogens is 6. The van der Waals surface area contributed by atoms with Gasteiger partial charge in [0.05, 0.1) is 22.7 Å². The fourth-order valence-electron chi connectivity index (χ4n) is 2.58. The van der Waals surface area contributed by atoms with Gasteiger partial charge in [-0.15, -0.1) is 5.10 Å². The van der Waals surface area contributed by atoms with E-state index < -0.39 is 0 Å². The molecule has 1 fully saturated rings. The molecule has 0 bridgehead atoms. The van der Waals surface area contributed by atoms with Crippen molar-refractivity contribution in [1.82, 2.24) is 35.1 Å². The van der Waals surface area contributed by atoms with Crippen molar-refractivity contribution < 1.29 is 4.79 Å². The number of aryl methyl sites for hydroxylation is 1. The van der Waals surface area contributed by atoms with Gasteiger partial charge in [0.15, 0.2) is 0 Å². The Morgan fingerprint density at radius 1 is 1.39 bits per heavy atom. The largest absolute Gasteiger partial charge is 0.342 e. The summed E-state index contributed by atoms with van der Waals surface area (Å²) in [6, 6.07) is 7.96. The first-order valence-electron chi connectivity index (χ1n) is 7.28. The van der Waals surface area contributed by atoms with E-state index in [0.717, 1.165) is 16.9 Å². The number of tetrazole rings is 1. The molecule has 1 aliphatic rings. The molecule has 3 aromatic rings. The molecule has 0 radical (unpaired) electrons. The SMILES string of the molecule is Cn1nnnc1SCC(=O)N1CC(c2nc3ccccc3[nH]2)C1. The van der Waals surface area contributed by atoms with E-state index in [2.05, 4.69) is 25.5 Å². The van der Waals surface area contributed by atoms with Crippen molar-refractivity contribution in [2.24, 2.45) is 7.05 Å². The van der Waals surface area contributed by atoms with Gasteiger partial charge in [0, 0.05) is 20.1 Å². The van der Waals surface area contributed by atoms with Crippen LogP contribution in [0.1, 0.15) is 11.7 Å². The van der Waals surface area contributed by atoms with Crippen LogP contribution in [0.3, 0.4) is 0 Å². The standard InChI is InChI=1S/C14H15N7OS/c1-20-14(17-18-19-20)23-8-12(22)21-6-9(7-21)13-15-10-4-2-3-5-11(10)16-13/h2-5,9H,6-8H2,1H3,(H,15,16). The van der Waals surface area contributed by atoms with E-state index in [1.165, 1.54) is 11.8 Å². The number of nitrogens with zero attached hydrogens (tertiary/aromatic N) is 6. The molecule has 0 atom stereocenters. The number of para-hydroxylation sites is 2. The summed E-state index contributed by atoms with van der Waals surface area (Å²) < 4.78 is 1.56. The van der Waals surface area contributed by atoms with Crippen LogP contribution in [-0.4, -0.2) is 59.8 Å². The van der Waals surface area contributed by atoms with Crippen LogP contribution in [0, 0.1) is 0 Å². The third-order valence-corrected chi connectivity index (χ3v) is 4.93. The molecular weight excluding hydrogens is 314 g/mol. The second-order valence-corrected chi connectivity index (χ2v) is 6.45. The van der Waals surface area contributed by atoms with Crippen molar-refractivity contribution >= 4 is 28.7 Å².